The van der Waals surface area contributed by atoms with Gasteiger partial charge in [0.15, 0.2) is 12.4 Å². The normalized spacial score (nSPS) is 10.5. The highest BCUT2D eigenvalue weighted by atomic mass is 35.5. The summed E-state index contributed by atoms with van der Waals surface area (Å²) in [5.74, 6) is -0.457. The predicted molar refractivity (Wildman–Crippen MR) is 70.7 cm³/mol. The zero-order valence-electron chi connectivity index (χ0n) is 10.6. The molecule has 0 bridgehead atoms. The Labute approximate surface area is 115 Å². The molecular weight excluding hydrogens is 268 g/mol. The molecule has 0 saturated carbocycles. The second kappa shape index (κ2) is 5.32. The van der Waals surface area contributed by atoms with E-state index in [1.807, 2.05) is 32.0 Å². The van der Waals surface area contributed by atoms with Crippen LogP contribution in [0.25, 0.3) is 0 Å². The van der Waals surface area contributed by atoms with Crippen LogP contribution in [0.3, 0.4) is 0 Å². The molecule has 6 heteroatoms. The van der Waals surface area contributed by atoms with Crippen molar-refractivity contribution >= 4 is 17.6 Å². The summed E-state index contributed by atoms with van der Waals surface area (Å²) in [4.78, 5) is 10.8. The van der Waals surface area contributed by atoms with E-state index in [0.717, 1.165) is 5.56 Å². The van der Waals surface area contributed by atoms with Crippen molar-refractivity contribution in [2.75, 3.05) is 0 Å². The molecule has 2 aromatic rings. The lowest BCUT2D eigenvalue weighted by Gasteiger charge is -2.08. The van der Waals surface area contributed by atoms with Gasteiger partial charge in [-0.25, -0.2) is 9.48 Å². The molecule has 1 heterocycles. The Morgan fingerprint density at radius 1 is 1.42 bits per heavy atom. The number of aromatic carboxylic acids is 1. The molecule has 1 aromatic carbocycles. The summed E-state index contributed by atoms with van der Waals surface area (Å²) in [7, 11) is 0. The molecule has 2 rings (SSSR count). The van der Waals surface area contributed by atoms with Crippen LogP contribution in [-0.4, -0.2) is 20.9 Å². The highest BCUT2D eigenvalue weighted by Gasteiger charge is 2.14. The third kappa shape index (κ3) is 3.06. The molecule has 0 aliphatic heterocycles. The van der Waals surface area contributed by atoms with Gasteiger partial charge in [0.1, 0.15) is 5.75 Å². The summed E-state index contributed by atoms with van der Waals surface area (Å²) in [5.41, 5.74) is 2.13. The van der Waals surface area contributed by atoms with Gasteiger partial charge < -0.3 is 9.84 Å². The van der Waals surface area contributed by atoms with Crippen LogP contribution in [0.5, 0.6) is 5.75 Å². The summed E-state index contributed by atoms with van der Waals surface area (Å²) in [6.45, 7) is 4.12. The van der Waals surface area contributed by atoms with Gasteiger partial charge in [-0.1, -0.05) is 17.7 Å². The first-order valence-corrected chi connectivity index (χ1v) is 6.01. The van der Waals surface area contributed by atoms with Crippen molar-refractivity contribution in [2.45, 2.75) is 20.6 Å². The minimum Gasteiger partial charge on any atom is -0.476 e. The van der Waals surface area contributed by atoms with Crippen LogP contribution < -0.4 is 4.74 Å². The number of aryl methyl sites for hydroxylation is 2. The van der Waals surface area contributed by atoms with Crippen LogP contribution in [0, 0.1) is 13.8 Å². The largest absolute Gasteiger partial charge is 0.476 e. The van der Waals surface area contributed by atoms with Gasteiger partial charge in [0.05, 0.1) is 5.02 Å². The van der Waals surface area contributed by atoms with Crippen LogP contribution in [0.1, 0.15) is 21.6 Å². The second-order valence-electron chi connectivity index (χ2n) is 4.19. The maximum atomic E-state index is 10.8. The summed E-state index contributed by atoms with van der Waals surface area (Å²) in [6.07, 6.45) is 1.42. The molecule has 0 unspecified atom stereocenters. The maximum Gasteiger partial charge on any atom is 0.357 e. The first-order valence-electron chi connectivity index (χ1n) is 5.63. The molecule has 19 heavy (non-hydrogen) atoms. The Bertz CT molecular complexity index is 622. The van der Waals surface area contributed by atoms with E-state index in [4.69, 9.17) is 21.4 Å². The zero-order chi connectivity index (χ0) is 14.0. The number of ether oxygens (including phenoxy) is 1. The highest BCUT2D eigenvalue weighted by Crippen LogP contribution is 2.18. The molecule has 0 amide bonds. The molecule has 1 N–H and O–H groups in total. The minimum absolute atomic E-state index is 0.0937. The Balaban J connectivity index is 2.08. The fourth-order valence-corrected chi connectivity index (χ4v) is 1.78. The topological polar surface area (TPSA) is 64.3 Å². The van der Waals surface area contributed by atoms with Crippen molar-refractivity contribution in [1.82, 2.24) is 9.78 Å². The number of aromatic nitrogens is 2. The number of carboxylic acid groups (broad SMARTS) is 1. The fraction of sp³-hybridized carbons (Fsp3) is 0.231. The van der Waals surface area contributed by atoms with Crippen LogP contribution in [0.2, 0.25) is 5.02 Å². The first-order chi connectivity index (χ1) is 8.97. The highest BCUT2D eigenvalue weighted by molar-refractivity contribution is 6.33. The van der Waals surface area contributed by atoms with Crippen LogP contribution >= 0.6 is 11.6 Å². The number of nitrogens with zero attached hydrogens (tertiary/aromatic N) is 2. The van der Waals surface area contributed by atoms with Gasteiger partial charge >= 0.3 is 5.97 Å². The summed E-state index contributed by atoms with van der Waals surface area (Å²) < 4.78 is 6.87. The van der Waals surface area contributed by atoms with Crippen molar-refractivity contribution in [2.24, 2.45) is 0 Å². The maximum absolute atomic E-state index is 10.8. The van der Waals surface area contributed by atoms with Crippen molar-refractivity contribution < 1.29 is 14.6 Å². The van der Waals surface area contributed by atoms with Gasteiger partial charge in [-0.3, -0.25) is 0 Å². The van der Waals surface area contributed by atoms with E-state index in [1.54, 1.807) is 0 Å². The number of halogens is 1. The van der Waals surface area contributed by atoms with Crippen molar-refractivity contribution in [1.29, 1.82) is 0 Å². The third-order valence-corrected chi connectivity index (χ3v) is 3.04. The molecule has 0 saturated heterocycles. The van der Waals surface area contributed by atoms with E-state index >= 15 is 0 Å². The summed E-state index contributed by atoms with van der Waals surface area (Å²) in [5, 5.41) is 12.7. The van der Waals surface area contributed by atoms with Gasteiger partial charge in [0, 0.05) is 6.20 Å². The number of carbonyl (C=O) groups is 1. The average molecular weight is 281 g/mol. The minimum atomic E-state index is -1.16. The first kappa shape index (κ1) is 13.4. The monoisotopic (exact) mass is 280 g/mol. The van der Waals surface area contributed by atoms with Gasteiger partial charge in [0.25, 0.3) is 0 Å². The Morgan fingerprint density at radius 2 is 2.16 bits per heavy atom. The van der Waals surface area contributed by atoms with Crippen LogP contribution in [-0.2, 0) is 6.73 Å². The Kier molecular flexibility index (Phi) is 3.76. The van der Waals surface area contributed by atoms with E-state index in [2.05, 4.69) is 5.10 Å². The molecule has 100 valence electrons. The van der Waals surface area contributed by atoms with Gasteiger partial charge in [0.2, 0.25) is 0 Å². The molecular formula is C13H13ClN2O3. The number of rotatable bonds is 4. The number of hydrogen-bond acceptors (Lipinski definition) is 3. The Hall–Kier alpha value is -2.01. The lowest BCUT2D eigenvalue weighted by Crippen LogP contribution is -2.07. The third-order valence-electron chi connectivity index (χ3n) is 2.76. The summed E-state index contributed by atoms with van der Waals surface area (Å²) >= 11 is 5.75. The van der Waals surface area contributed by atoms with Gasteiger partial charge in [-0.05, 0) is 37.1 Å². The zero-order valence-corrected chi connectivity index (χ0v) is 11.3. The number of benzene rings is 1. The van der Waals surface area contributed by atoms with E-state index < -0.39 is 5.97 Å². The lowest BCUT2D eigenvalue weighted by molar-refractivity contribution is 0.0688. The number of hydrogen-bond donors (Lipinski definition) is 1. The smallest absolute Gasteiger partial charge is 0.357 e. The average Bonchev–Trinajstić information content (AvgIpc) is 2.72. The standard InChI is InChI=1S/C13H13ClN2O3/c1-8-3-4-10(5-9(8)2)19-7-16-6-11(14)12(15-16)13(17)18/h3-6H,7H2,1-2H3,(H,17,18). The molecule has 0 radical (unpaired) electrons. The second-order valence-corrected chi connectivity index (χ2v) is 4.60. The molecule has 1 aromatic heterocycles. The van der Waals surface area contributed by atoms with Gasteiger partial charge in [-0.2, -0.15) is 5.10 Å². The van der Waals surface area contributed by atoms with E-state index in [0.29, 0.717) is 5.75 Å². The van der Waals surface area contributed by atoms with Crippen molar-refractivity contribution in [3.8, 4) is 5.75 Å². The predicted octanol–water partition coefficient (Wildman–Crippen LogP) is 2.89. The van der Waals surface area contributed by atoms with E-state index in [9.17, 15) is 4.79 Å². The number of carboxylic acids is 1. The molecule has 5 nitrogen and oxygen atoms in total. The van der Waals surface area contributed by atoms with Crippen LogP contribution in [0.4, 0.5) is 0 Å². The fourth-order valence-electron chi connectivity index (χ4n) is 1.55. The van der Waals surface area contributed by atoms with E-state index in [1.165, 1.54) is 16.4 Å². The molecule has 0 aliphatic rings. The van der Waals surface area contributed by atoms with Crippen molar-refractivity contribution in [3.63, 3.8) is 0 Å². The molecule has 0 fully saturated rings. The van der Waals surface area contributed by atoms with Crippen molar-refractivity contribution in [3.05, 3.63) is 46.2 Å². The lowest BCUT2D eigenvalue weighted by atomic mass is 10.1. The van der Waals surface area contributed by atoms with Crippen LogP contribution in [0.15, 0.2) is 24.4 Å². The quantitative estimate of drug-likeness (QED) is 0.935. The SMILES string of the molecule is Cc1ccc(OCn2cc(Cl)c(C(=O)O)n2)cc1C. The summed E-state index contributed by atoms with van der Waals surface area (Å²) in [6, 6.07) is 5.73. The van der Waals surface area contributed by atoms with Gasteiger partial charge in [-0.15, -0.1) is 0 Å². The van der Waals surface area contributed by atoms with E-state index in [-0.39, 0.29) is 17.4 Å². The Morgan fingerprint density at radius 3 is 2.74 bits per heavy atom. The molecule has 0 spiro atoms. The molecule has 0 aliphatic carbocycles. The molecule has 0 atom stereocenters.